The normalized spacial score (nSPS) is 11.8. The van der Waals surface area contributed by atoms with Gasteiger partial charge in [-0.1, -0.05) is 343 Å². The quantitative estimate of drug-likeness (QED) is 0.125. The third-order valence-electron chi connectivity index (χ3n) is 18.5. The molecule has 0 saturated carbocycles. The number of methoxy groups -OCH3 is 1. The van der Waals surface area contributed by atoms with Crippen molar-refractivity contribution < 1.29 is 22.8 Å². The van der Waals surface area contributed by atoms with E-state index < -0.39 is 0 Å². The Morgan fingerprint density at radius 2 is 0.678 bits per heavy atom. The largest absolute Gasteiger partial charge is 0.469 e. The van der Waals surface area contributed by atoms with E-state index in [9.17, 15) is 4.79 Å². The van der Waals surface area contributed by atoms with Crippen molar-refractivity contribution in [3.63, 3.8) is 0 Å². The first-order chi connectivity index (χ1) is 69.6. The summed E-state index contributed by atoms with van der Waals surface area (Å²) in [7, 11) is 1.44. The summed E-state index contributed by atoms with van der Waals surface area (Å²) in [6, 6.07) is 77.6. The predicted octanol–water partition coefficient (Wildman–Crippen LogP) is 41.2. The number of thiophene rings is 2. The van der Waals surface area contributed by atoms with Crippen molar-refractivity contribution >= 4 is 104 Å². The van der Waals surface area contributed by atoms with Crippen molar-refractivity contribution in [3.05, 3.63) is 361 Å². The number of rotatable bonds is 2. The lowest BCUT2D eigenvalue weighted by Gasteiger charge is -2.26. The Bertz CT molecular complexity index is 5020. The van der Waals surface area contributed by atoms with Gasteiger partial charge in [-0.05, 0) is 293 Å². The molecule has 0 radical (unpaired) electrons. The number of nitrogens with one attached hydrogen (secondary N) is 4. The summed E-state index contributed by atoms with van der Waals surface area (Å²) in [5.41, 5.74) is 13.9. The van der Waals surface area contributed by atoms with Crippen molar-refractivity contribution in [2.75, 3.05) is 7.11 Å². The van der Waals surface area contributed by atoms with Crippen LogP contribution in [0.15, 0.2) is 335 Å². The highest BCUT2D eigenvalue weighted by Gasteiger charge is 2.30. The SMILES string of the molecule is CC(C)C.CC(C)C.CC(C)C.CC(C)C.CC(C)C.CC(C)C.CC(C)C.CC(C)C.CC(C)C.CC(C)C.COC(=O)c1c[nH]c2c1C(C(C)C)CCC2.c1cc2c([nH]1)CCCC2.c1cc2c(o1)CCCC2.c1ccc2[nH]ccc2c1.c1ccc2[nH]ccc2c1.c1ccc2occc2c1.c1ccc2occc2c1.c1ccc2sccc2c1.c1ccc2sccc2c1.c1ccn2ccnc2c1.c1ccn2ccnc2c1. The number of fused-ring (bicyclic) bond motifs is 11. The van der Waals surface area contributed by atoms with Crippen LogP contribution in [0.3, 0.4) is 0 Å². The van der Waals surface area contributed by atoms with Gasteiger partial charge in [-0.15, -0.1) is 22.7 Å². The van der Waals surface area contributed by atoms with Gasteiger partial charge in [0.15, 0.2) is 0 Å². The van der Waals surface area contributed by atoms with E-state index in [0.717, 1.165) is 111 Å². The molecule has 3 aliphatic carbocycles. The van der Waals surface area contributed by atoms with E-state index in [-0.39, 0.29) is 5.97 Å². The van der Waals surface area contributed by atoms with Crippen LogP contribution in [-0.4, -0.2) is 51.8 Å². The molecular weight excluding hydrogens is 1830 g/mol. The van der Waals surface area contributed by atoms with Crippen molar-refractivity contribution in [2.45, 2.75) is 298 Å². The van der Waals surface area contributed by atoms with E-state index >= 15 is 0 Å². The van der Waals surface area contributed by atoms with Crippen LogP contribution in [0.1, 0.15) is 310 Å². The zero-order valence-electron chi connectivity index (χ0n) is 96.0. The Kier molecular flexibility index (Phi) is 69.9. The summed E-state index contributed by atoms with van der Waals surface area (Å²) < 4.78 is 27.0. The minimum atomic E-state index is -0.218. The molecule has 22 rings (SSSR count). The third-order valence-corrected chi connectivity index (χ3v) is 20.3. The van der Waals surface area contributed by atoms with E-state index in [1.54, 1.807) is 65.6 Å². The van der Waals surface area contributed by atoms with Crippen molar-refractivity contribution in [1.82, 2.24) is 38.7 Å². The molecule has 0 spiro atoms. The van der Waals surface area contributed by atoms with Crippen LogP contribution in [0.2, 0.25) is 0 Å². The Morgan fingerprint density at radius 1 is 0.329 bits per heavy atom. The summed E-state index contributed by atoms with van der Waals surface area (Å²) in [5.74, 6) is 10.4. The summed E-state index contributed by atoms with van der Waals surface area (Å²) in [6.07, 6.45) is 38.1. The first kappa shape index (κ1) is 130. The lowest BCUT2D eigenvalue weighted by Crippen LogP contribution is -2.17. The predicted molar refractivity (Wildman–Crippen MR) is 644 cm³/mol. The van der Waals surface area contributed by atoms with Gasteiger partial charge >= 0.3 is 5.97 Å². The van der Waals surface area contributed by atoms with Crippen molar-refractivity contribution in [2.24, 2.45) is 65.1 Å². The number of esters is 1. The monoisotopic (exact) mass is 2020 g/mol. The van der Waals surface area contributed by atoms with Gasteiger partial charge in [0.2, 0.25) is 0 Å². The third kappa shape index (κ3) is 62.2. The molecule has 6 aromatic carbocycles. The van der Waals surface area contributed by atoms with Crippen LogP contribution in [-0.2, 0) is 36.8 Å². The van der Waals surface area contributed by atoms with Gasteiger partial charge in [0.05, 0.1) is 31.5 Å². The maximum absolute atomic E-state index is 11.7. The Hall–Kier alpha value is -11.9. The van der Waals surface area contributed by atoms with Crippen LogP contribution in [0.4, 0.5) is 0 Å². The second-order valence-corrected chi connectivity index (χ2v) is 45.1. The smallest absolute Gasteiger partial charge is 0.339 e. The van der Waals surface area contributed by atoms with Gasteiger partial charge in [0.25, 0.3) is 0 Å². The average Bonchev–Trinajstić information content (AvgIpc) is 1.63. The number of aromatic amines is 4. The molecule has 0 bridgehead atoms. The second kappa shape index (κ2) is 78.4. The standard InChI is InChI=1S/C13H19NO2.C8H11N.2C8H7N.C8H10O.2C8H6O.2C8H6S.2C7H6N2.10C4H10/c1-8(2)9-5-4-6-11-12(9)10(7-14-11)13(15)16-3;8*1-2-4-8-7(3-1)5-6-9-8;2*1-2-5-9-6-4-8-7(9)3-1;10*1-4(2)3/h7-9,14H,4-6H2,1-3H3;5-6,9H,1-4H2;2*1-6,9H;5-6H,1-4H2;6*1-6H;10*4H,1-3H3. The molecule has 13 heterocycles. The number of hydrogen-bond donors (Lipinski definition) is 4. The molecule has 15 heteroatoms. The first-order valence-electron chi connectivity index (χ1n) is 53.6. The number of benzene rings is 6. The number of pyridine rings is 2. The number of carbonyl (C=O) groups is 1. The minimum absolute atomic E-state index is 0.218. The molecule has 13 nitrogen and oxygen atoms in total. The zero-order valence-corrected chi connectivity index (χ0v) is 97.6. The molecule has 3 aliphatic rings. The average molecular weight is 2020 g/mol. The molecule has 1 unspecified atom stereocenters. The Labute approximate surface area is 890 Å². The number of para-hydroxylation sites is 4. The number of ether oxygens (including phenoxy) is 1. The summed E-state index contributed by atoms with van der Waals surface area (Å²) in [5, 5.41) is 11.8. The number of furan rings is 3. The van der Waals surface area contributed by atoms with Crippen LogP contribution < -0.4 is 0 Å². The molecular formula is C131H190N8O5S2. The molecule has 0 aliphatic heterocycles. The highest BCUT2D eigenvalue weighted by atomic mass is 32.1. The van der Waals surface area contributed by atoms with Crippen LogP contribution in [0, 0.1) is 65.1 Å². The Balaban J connectivity index is 0.000000525. The van der Waals surface area contributed by atoms with E-state index in [4.69, 9.17) is 18.0 Å². The number of H-pyrrole nitrogens is 4. The number of nitrogens with zero attached hydrogens (tertiary/aromatic N) is 4. The number of aromatic nitrogens is 8. The number of aryl methyl sites for hydroxylation is 5. The number of hydrogen-bond acceptors (Lipinski definition) is 9. The fourth-order valence-electron chi connectivity index (χ4n) is 13.0. The summed E-state index contributed by atoms with van der Waals surface area (Å²) in [6.45, 7) is 69.4. The molecule has 0 saturated heterocycles. The van der Waals surface area contributed by atoms with Crippen LogP contribution in [0.5, 0.6) is 0 Å². The van der Waals surface area contributed by atoms with Gasteiger partial charge < -0.3 is 46.7 Å². The lowest BCUT2D eigenvalue weighted by atomic mass is 9.78. The molecule has 0 fully saturated rings. The highest BCUT2D eigenvalue weighted by Crippen LogP contribution is 2.39. The van der Waals surface area contributed by atoms with E-state index in [0.29, 0.717) is 11.8 Å². The van der Waals surface area contributed by atoms with E-state index in [2.05, 4.69) is 378 Å². The van der Waals surface area contributed by atoms with Gasteiger partial charge in [-0.3, -0.25) is 0 Å². The molecule has 1 atom stereocenters. The van der Waals surface area contributed by atoms with Crippen molar-refractivity contribution in [1.29, 1.82) is 0 Å². The van der Waals surface area contributed by atoms with Gasteiger partial charge in [0.1, 0.15) is 28.2 Å². The van der Waals surface area contributed by atoms with E-state index in [1.807, 2.05) is 167 Å². The van der Waals surface area contributed by atoms with Gasteiger partial charge in [0, 0.05) is 111 Å². The highest BCUT2D eigenvalue weighted by molar-refractivity contribution is 7.17. The summed E-state index contributed by atoms with van der Waals surface area (Å²) in [4.78, 5) is 32.6. The van der Waals surface area contributed by atoms with Crippen molar-refractivity contribution in [3.8, 4) is 0 Å². The minimum Gasteiger partial charge on any atom is -0.469 e. The Morgan fingerprint density at radius 3 is 1.05 bits per heavy atom. The van der Waals surface area contributed by atoms with Gasteiger partial charge in [-0.25, -0.2) is 14.8 Å². The van der Waals surface area contributed by atoms with Crippen LogP contribution in [0.25, 0.3) is 75.2 Å². The zero-order chi connectivity index (χ0) is 109. The molecule has 146 heavy (non-hydrogen) atoms. The molecule has 19 aromatic rings. The fraction of sp³-hybridized carbons (Fsp3) is 0.427. The number of imidazole rings is 2. The maximum Gasteiger partial charge on any atom is 0.339 e. The fourth-order valence-corrected chi connectivity index (χ4v) is 14.6. The maximum atomic E-state index is 11.7. The lowest BCUT2D eigenvalue weighted by molar-refractivity contribution is 0.0598. The van der Waals surface area contributed by atoms with Crippen LogP contribution >= 0.6 is 22.7 Å². The molecule has 0 amide bonds. The van der Waals surface area contributed by atoms with Gasteiger partial charge in [-0.2, -0.15) is 0 Å². The molecule has 4 N–H and O–H groups in total. The molecule has 796 valence electrons. The second-order valence-electron chi connectivity index (χ2n) is 43.2. The molecule has 13 aromatic heterocycles. The number of carbonyl (C=O) groups excluding carboxylic acids is 1. The van der Waals surface area contributed by atoms with E-state index in [1.165, 1.54) is 135 Å². The summed E-state index contributed by atoms with van der Waals surface area (Å²) >= 11 is 3.57. The topological polar surface area (TPSA) is 163 Å². The first-order valence-corrected chi connectivity index (χ1v) is 55.4.